The standard InChI is InChI=1S/C14H20N2O4/c1-19-10-2-3-12(17)11(8-10)13(18)16-14(9-15)4-6-20-7-5-14/h2-3,8,17H,4-7,9,15H2,1H3,(H,16,18). The number of aromatic hydroxyl groups is 1. The van der Waals surface area contributed by atoms with Gasteiger partial charge in [0, 0.05) is 19.8 Å². The van der Waals surface area contributed by atoms with Crippen LogP contribution in [0.5, 0.6) is 11.5 Å². The minimum Gasteiger partial charge on any atom is -0.507 e. The third kappa shape index (κ3) is 3.02. The molecule has 2 rings (SSSR count). The molecule has 1 aliphatic heterocycles. The van der Waals surface area contributed by atoms with Crippen LogP contribution in [-0.2, 0) is 4.74 Å². The largest absolute Gasteiger partial charge is 0.507 e. The third-order valence-corrected chi connectivity index (χ3v) is 3.67. The molecule has 0 spiro atoms. The van der Waals surface area contributed by atoms with Gasteiger partial charge in [0.2, 0.25) is 0 Å². The molecular formula is C14H20N2O4. The summed E-state index contributed by atoms with van der Waals surface area (Å²) in [5.41, 5.74) is 5.52. The zero-order valence-electron chi connectivity index (χ0n) is 11.5. The Bertz CT molecular complexity index is 484. The van der Waals surface area contributed by atoms with E-state index in [1.165, 1.54) is 19.2 Å². The highest BCUT2D eigenvalue weighted by Gasteiger charge is 2.33. The Hall–Kier alpha value is -1.79. The van der Waals surface area contributed by atoms with E-state index >= 15 is 0 Å². The van der Waals surface area contributed by atoms with E-state index < -0.39 is 5.54 Å². The minimum atomic E-state index is -0.467. The predicted molar refractivity (Wildman–Crippen MR) is 74.0 cm³/mol. The minimum absolute atomic E-state index is 0.0810. The fraction of sp³-hybridized carbons (Fsp3) is 0.500. The van der Waals surface area contributed by atoms with Crippen LogP contribution >= 0.6 is 0 Å². The summed E-state index contributed by atoms with van der Waals surface area (Å²) < 4.78 is 10.4. The second kappa shape index (κ2) is 6.11. The molecule has 6 heteroatoms. The Balaban J connectivity index is 2.18. The van der Waals surface area contributed by atoms with Crippen molar-refractivity contribution in [1.29, 1.82) is 0 Å². The lowest BCUT2D eigenvalue weighted by Crippen LogP contribution is -2.56. The highest BCUT2D eigenvalue weighted by atomic mass is 16.5. The molecule has 0 aromatic heterocycles. The number of nitrogens with one attached hydrogen (secondary N) is 1. The molecule has 1 saturated heterocycles. The molecule has 0 bridgehead atoms. The van der Waals surface area contributed by atoms with Crippen molar-refractivity contribution in [1.82, 2.24) is 5.32 Å². The summed E-state index contributed by atoms with van der Waals surface area (Å²) in [6.45, 7) is 1.48. The predicted octanol–water partition coefficient (Wildman–Crippen LogP) is 0.638. The summed E-state index contributed by atoms with van der Waals surface area (Å²) in [4.78, 5) is 12.3. The van der Waals surface area contributed by atoms with Gasteiger partial charge in [-0.3, -0.25) is 4.79 Å². The molecular weight excluding hydrogens is 260 g/mol. The molecule has 0 aliphatic carbocycles. The quantitative estimate of drug-likeness (QED) is 0.752. The molecule has 1 heterocycles. The van der Waals surface area contributed by atoms with Gasteiger partial charge in [-0.05, 0) is 31.0 Å². The lowest BCUT2D eigenvalue weighted by Gasteiger charge is -2.37. The Morgan fingerprint density at radius 2 is 2.20 bits per heavy atom. The second-order valence-corrected chi connectivity index (χ2v) is 4.93. The number of nitrogens with two attached hydrogens (primary N) is 1. The number of phenolic OH excluding ortho intramolecular Hbond substituents is 1. The SMILES string of the molecule is COc1ccc(O)c(C(=O)NC2(CN)CCOCC2)c1. The van der Waals surface area contributed by atoms with E-state index in [-0.39, 0.29) is 17.2 Å². The second-order valence-electron chi connectivity index (χ2n) is 4.93. The maximum absolute atomic E-state index is 12.3. The van der Waals surface area contributed by atoms with Gasteiger partial charge in [0.05, 0.1) is 18.2 Å². The van der Waals surface area contributed by atoms with Gasteiger partial charge in [0.25, 0.3) is 5.91 Å². The Labute approximate surface area is 117 Å². The van der Waals surface area contributed by atoms with Crippen molar-refractivity contribution in [3.63, 3.8) is 0 Å². The van der Waals surface area contributed by atoms with Crippen molar-refractivity contribution in [2.75, 3.05) is 26.9 Å². The molecule has 0 atom stereocenters. The Morgan fingerprint density at radius 1 is 1.50 bits per heavy atom. The number of amides is 1. The van der Waals surface area contributed by atoms with Crippen molar-refractivity contribution in [2.45, 2.75) is 18.4 Å². The molecule has 4 N–H and O–H groups in total. The van der Waals surface area contributed by atoms with Crippen LogP contribution in [0.25, 0.3) is 0 Å². The third-order valence-electron chi connectivity index (χ3n) is 3.67. The van der Waals surface area contributed by atoms with Crippen LogP contribution in [0.1, 0.15) is 23.2 Å². The average molecular weight is 280 g/mol. The van der Waals surface area contributed by atoms with Crippen LogP contribution in [0.4, 0.5) is 0 Å². The summed E-state index contributed by atoms with van der Waals surface area (Å²) in [6.07, 6.45) is 1.33. The van der Waals surface area contributed by atoms with Gasteiger partial charge in [0.15, 0.2) is 0 Å². The van der Waals surface area contributed by atoms with Crippen LogP contribution in [0.15, 0.2) is 18.2 Å². The van der Waals surface area contributed by atoms with Gasteiger partial charge >= 0.3 is 0 Å². The maximum Gasteiger partial charge on any atom is 0.255 e. The van der Waals surface area contributed by atoms with Gasteiger partial charge in [-0.15, -0.1) is 0 Å². The zero-order valence-corrected chi connectivity index (χ0v) is 11.5. The highest BCUT2D eigenvalue weighted by Crippen LogP contribution is 2.25. The molecule has 110 valence electrons. The Kier molecular flexibility index (Phi) is 4.46. The molecule has 1 aromatic carbocycles. The van der Waals surface area contributed by atoms with E-state index in [0.717, 1.165) is 0 Å². The number of benzene rings is 1. The first kappa shape index (κ1) is 14.6. The lowest BCUT2D eigenvalue weighted by molar-refractivity contribution is 0.0388. The first-order chi connectivity index (χ1) is 9.60. The fourth-order valence-electron chi connectivity index (χ4n) is 2.27. The number of rotatable bonds is 4. The zero-order chi connectivity index (χ0) is 14.6. The van der Waals surface area contributed by atoms with Crippen molar-refractivity contribution >= 4 is 5.91 Å². The molecule has 0 saturated carbocycles. The van der Waals surface area contributed by atoms with E-state index in [4.69, 9.17) is 15.2 Å². The van der Waals surface area contributed by atoms with Crippen molar-refractivity contribution < 1.29 is 19.4 Å². The van der Waals surface area contributed by atoms with Crippen LogP contribution in [-0.4, -0.2) is 43.4 Å². The summed E-state index contributed by atoms with van der Waals surface area (Å²) in [7, 11) is 1.51. The van der Waals surface area contributed by atoms with Gasteiger partial charge < -0.3 is 25.6 Å². The highest BCUT2D eigenvalue weighted by molar-refractivity contribution is 5.97. The van der Waals surface area contributed by atoms with Gasteiger partial charge in [-0.1, -0.05) is 0 Å². The number of hydrogen-bond acceptors (Lipinski definition) is 5. The normalized spacial score (nSPS) is 17.5. The van der Waals surface area contributed by atoms with Crippen LogP contribution in [0, 0.1) is 0 Å². The molecule has 1 amide bonds. The Morgan fingerprint density at radius 3 is 2.80 bits per heavy atom. The number of carbonyl (C=O) groups is 1. The van der Waals surface area contributed by atoms with Crippen LogP contribution < -0.4 is 15.8 Å². The monoisotopic (exact) mass is 280 g/mol. The summed E-state index contributed by atoms with van der Waals surface area (Å²) >= 11 is 0. The first-order valence-electron chi connectivity index (χ1n) is 6.57. The van der Waals surface area contributed by atoms with Crippen LogP contribution in [0.2, 0.25) is 0 Å². The van der Waals surface area contributed by atoms with Gasteiger partial charge in [0.1, 0.15) is 11.5 Å². The van der Waals surface area contributed by atoms with Crippen molar-refractivity contribution in [3.8, 4) is 11.5 Å². The van der Waals surface area contributed by atoms with E-state index in [1.807, 2.05) is 0 Å². The first-order valence-corrected chi connectivity index (χ1v) is 6.57. The van der Waals surface area contributed by atoms with Crippen molar-refractivity contribution in [2.24, 2.45) is 5.73 Å². The molecule has 1 aromatic rings. The fourth-order valence-corrected chi connectivity index (χ4v) is 2.27. The molecule has 0 radical (unpaired) electrons. The number of methoxy groups -OCH3 is 1. The molecule has 1 aliphatic rings. The van der Waals surface area contributed by atoms with Crippen LogP contribution in [0.3, 0.4) is 0 Å². The van der Waals surface area contributed by atoms with Crippen molar-refractivity contribution in [3.05, 3.63) is 23.8 Å². The number of ether oxygens (including phenoxy) is 2. The van der Waals surface area contributed by atoms with E-state index in [1.54, 1.807) is 6.07 Å². The van der Waals surface area contributed by atoms with E-state index in [2.05, 4.69) is 5.32 Å². The molecule has 20 heavy (non-hydrogen) atoms. The van der Waals surface area contributed by atoms with Gasteiger partial charge in [-0.2, -0.15) is 0 Å². The smallest absolute Gasteiger partial charge is 0.255 e. The molecule has 0 unspecified atom stereocenters. The summed E-state index contributed by atoms with van der Waals surface area (Å²) in [5, 5.41) is 12.7. The number of hydrogen-bond donors (Lipinski definition) is 3. The number of carbonyl (C=O) groups excluding carboxylic acids is 1. The summed E-state index contributed by atoms with van der Waals surface area (Å²) in [5.74, 6) is 0.0815. The molecule has 1 fully saturated rings. The topological polar surface area (TPSA) is 93.8 Å². The maximum atomic E-state index is 12.3. The number of phenols is 1. The summed E-state index contributed by atoms with van der Waals surface area (Å²) in [6, 6.07) is 4.54. The van der Waals surface area contributed by atoms with E-state index in [9.17, 15) is 9.90 Å². The average Bonchev–Trinajstić information content (AvgIpc) is 2.48. The lowest BCUT2D eigenvalue weighted by atomic mass is 9.89. The van der Waals surface area contributed by atoms with Gasteiger partial charge in [-0.25, -0.2) is 0 Å². The van der Waals surface area contributed by atoms with E-state index in [0.29, 0.717) is 38.3 Å². The molecule has 6 nitrogen and oxygen atoms in total.